The van der Waals surface area contributed by atoms with Crippen LogP contribution in [0.1, 0.15) is 12.0 Å². The molecule has 2 N–H and O–H groups in total. The molecule has 0 saturated carbocycles. The first-order valence-corrected chi connectivity index (χ1v) is 13.7. The van der Waals surface area contributed by atoms with E-state index in [0.29, 0.717) is 58.0 Å². The molecule has 0 atom stereocenters. The van der Waals surface area contributed by atoms with Gasteiger partial charge in [0.1, 0.15) is 23.7 Å². The van der Waals surface area contributed by atoms with Crippen molar-refractivity contribution in [2.45, 2.75) is 6.42 Å². The summed E-state index contributed by atoms with van der Waals surface area (Å²) in [4.78, 5) is 40.5. The number of pyridine rings is 1. The normalized spacial score (nSPS) is 14.2. The number of fused-ring (bicyclic) bond motifs is 1. The van der Waals surface area contributed by atoms with Crippen molar-refractivity contribution in [2.24, 2.45) is 0 Å². The Kier molecular flexibility index (Phi) is 9.42. The Morgan fingerprint density at radius 2 is 1.93 bits per heavy atom. The number of rotatable bonds is 11. The van der Waals surface area contributed by atoms with E-state index < -0.39 is 5.91 Å². The topological polar surface area (TPSA) is 113 Å². The van der Waals surface area contributed by atoms with Gasteiger partial charge in [0.15, 0.2) is 0 Å². The maximum Gasteiger partial charge on any atom is 0.250 e. The molecule has 10 nitrogen and oxygen atoms in total. The minimum Gasteiger partial charge on any atom is -0.493 e. The van der Waals surface area contributed by atoms with Crippen molar-refractivity contribution in [2.75, 3.05) is 51.7 Å². The Hall–Kier alpha value is -4.74. The van der Waals surface area contributed by atoms with Crippen molar-refractivity contribution >= 4 is 40.8 Å². The number of piperazine rings is 1. The molecule has 4 aromatic rings. The molecular weight excluding hydrogens is 537 g/mol. The van der Waals surface area contributed by atoms with Gasteiger partial charge < -0.3 is 19.9 Å². The summed E-state index contributed by atoms with van der Waals surface area (Å²) in [5.74, 6) is 0.108. The zero-order valence-electron chi connectivity index (χ0n) is 23.3. The van der Waals surface area contributed by atoms with Crippen LogP contribution in [0.5, 0.6) is 5.75 Å². The molecule has 2 aromatic heterocycles. The summed E-state index contributed by atoms with van der Waals surface area (Å²) in [5.41, 5.74) is 2.74. The van der Waals surface area contributed by atoms with Crippen LogP contribution in [0, 0.1) is 5.82 Å². The van der Waals surface area contributed by atoms with Crippen LogP contribution >= 0.6 is 0 Å². The first-order valence-electron chi connectivity index (χ1n) is 13.7. The van der Waals surface area contributed by atoms with Crippen LogP contribution < -0.4 is 15.4 Å². The van der Waals surface area contributed by atoms with Crippen molar-refractivity contribution in [3.8, 4) is 17.0 Å². The quantitative estimate of drug-likeness (QED) is 0.158. The first kappa shape index (κ1) is 28.8. The van der Waals surface area contributed by atoms with E-state index in [1.165, 1.54) is 18.5 Å². The number of anilines is 2. The molecule has 5 rings (SSSR count). The highest BCUT2D eigenvalue weighted by Gasteiger charge is 2.15. The number of nitrogens with one attached hydrogen (secondary N) is 2. The van der Waals surface area contributed by atoms with E-state index in [9.17, 15) is 14.0 Å². The summed E-state index contributed by atoms with van der Waals surface area (Å²) >= 11 is 0. The van der Waals surface area contributed by atoms with Crippen molar-refractivity contribution in [1.82, 2.24) is 30.1 Å². The molecule has 42 heavy (non-hydrogen) atoms. The molecule has 1 aliphatic rings. The lowest BCUT2D eigenvalue weighted by atomic mass is 10.1. The molecular formula is C31H32FN7O3. The number of hydrogen-bond donors (Lipinski definition) is 2. The molecule has 216 valence electrons. The number of likely N-dealkylation sites (N-methyl/N-ethyl adjacent to an activating group) is 1. The van der Waals surface area contributed by atoms with Gasteiger partial charge >= 0.3 is 0 Å². The second-order valence-electron chi connectivity index (χ2n) is 9.97. The molecule has 0 radical (unpaired) electrons. The third-order valence-electron chi connectivity index (χ3n) is 7.02. The van der Waals surface area contributed by atoms with Crippen LogP contribution in [0.4, 0.5) is 15.9 Å². The van der Waals surface area contributed by atoms with Crippen LogP contribution in [0.2, 0.25) is 0 Å². The predicted molar refractivity (Wildman–Crippen MR) is 160 cm³/mol. The summed E-state index contributed by atoms with van der Waals surface area (Å²) < 4.78 is 20.8. The standard InChI is InChI=1S/C31H32FN7O3/c1-38-12-14-39(15-13-38)11-4-16-42-29-19-28-25(17-22(29)6-9-30(41)36-21-40)31(35-20-34-28)37-23-7-8-26(32)24(18-23)27-5-2-3-10-33-27/h2-3,5-10,17-21H,4,11-16H2,1H3,(H,34,35,37)(H,36,40,41). The smallest absolute Gasteiger partial charge is 0.250 e. The van der Waals surface area contributed by atoms with Crippen LogP contribution in [0.3, 0.4) is 0 Å². The zero-order valence-corrected chi connectivity index (χ0v) is 23.3. The minimum atomic E-state index is -0.554. The molecule has 0 bridgehead atoms. The largest absolute Gasteiger partial charge is 0.493 e. The monoisotopic (exact) mass is 569 g/mol. The number of carbonyl (C=O) groups excluding carboxylic acids is 2. The number of aromatic nitrogens is 3. The SMILES string of the molecule is CN1CCN(CCCOc2cc3ncnc(Nc4ccc(F)c(-c5ccccn5)c4)c3cc2C=CC(=O)NC=O)CC1. The van der Waals surface area contributed by atoms with Crippen LogP contribution in [-0.4, -0.2) is 83.4 Å². The van der Waals surface area contributed by atoms with Gasteiger partial charge in [-0.15, -0.1) is 0 Å². The fourth-order valence-electron chi connectivity index (χ4n) is 4.73. The Morgan fingerprint density at radius 3 is 2.71 bits per heavy atom. The third kappa shape index (κ3) is 7.31. The summed E-state index contributed by atoms with van der Waals surface area (Å²) in [6.45, 7) is 5.61. The number of carbonyl (C=O) groups is 2. The number of ether oxygens (including phenoxy) is 1. The molecule has 0 aliphatic carbocycles. The van der Waals surface area contributed by atoms with Gasteiger partial charge in [0.05, 0.1) is 17.8 Å². The Bertz CT molecular complexity index is 1570. The second kappa shape index (κ2) is 13.7. The lowest BCUT2D eigenvalue weighted by molar-refractivity contribution is -0.121. The maximum atomic E-state index is 14.6. The average molecular weight is 570 g/mol. The van der Waals surface area contributed by atoms with Crippen LogP contribution in [-0.2, 0) is 9.59 Å². The zero-order chi connectivity index (χ0) is 29.3. The van der Waals surface area contributed by atoms with Gasteiger partial charge in [-0.2, -0.15) is 0 Å². The number of amides is 2. The molecule has 1 fully saturated rings. The fourth-order valence-corrected chi connectivity index (χ4v) is 4.73. The van der Waals surface area contributed by atoms with Gasteiger partial charge in [-0.1, -0.05) is 6.07 Å². The van der Waals surface area contributed by atoms with E-state index in [4.69, 9.17) is 4.74 Å². The van der Waals surface area contributed by atoms with Gasteiger partial charge in [0, 0.05) is 73.3 Å². The number of halogens is 1. The Morgan fingerprint density at radius 1 is 1.07 bits per heavy atom. The summed E-state index contributed by atoms with van der Waals surface area (Å²) in [6, 6.07) is 13.6. The van der Waals surface area contributed by atoms with E-state index in [2.05, 4.69) is 42.4 Å². The summed E-state index contributed by atoms with van der Waals surface area (Å²) in [5, 5.41) is 6.03. The van der Waals surface area contributed by atoms with E-state index in [-0.39, 0.29) is 5.82 Å². The van der Waals surface area contributed by atoms with E-state index >= 15 is 0 Å². The lowest BCUT2D eigenvalue weighted by Gasteiger charge is -2.32. The molecule has 0 unspecified atom stereocenters. The number of nitrogens with zero attached hydrogens (tertiary/aromatic N) is 5. The summed E-state index contributed by atoms with van der Waals surface area (Å²) in [7, 11) is 2.13. The van der Waals surface area contributed by atoms with Gasteiger partial charge in [-0.3, -0.25) is 19.9 Å². The third-order valence-corrected chi connectivity index (χ3v) is 7.02. The molecule has 3 heterocycles. The highest BCUT2D eigenvalue weighted by atomic mass is 19.1. The molecule has 11 heteroatoms. The average Bonchev–Trinajstić information content (AvgIpc) is 3.01. The van der Waals surface area contributed by atoms with Gasteiger partial charge in [-0.05, 0) is 55.9 Å². The number of imide groups is 1. The first-order chi connectivity index (χ1) is 20.5. The van der Waals surface area contributed by atoms with E-state index in [1.54, 1.807) is 48.7 Å². The van der Waals surface area contributed by atoms with Crippen LogP contribution in [0.15, 0.2) is 67.1 Å². The predicted octanol–water partition coefficient (Wildman–Crippen LogP) is 3.88. The van der Waals surface area contributed by atoms with Gasteiger partial charge in [0.25, 0.3) is 0 Å². The molecule has 2 aromatic carbocycles. The van der Waals surface area contributed by atoms with Gasteiger partial charge in [0.2, 0.25) is 12.3 Å². The highest BCUT2D eigenvalue weighted by Crippen LogP contribution is 2.32. The number of benzene rings is 2. The van der Waals surface area contributed by atoms with Crippen LogP contribution in [0.25, 0.3) is 28.2 Å². The molecule has 0 spiro atoms. The summed E-state index contributed by atoms with van der Waals surface area (Å²) in [6.07, 6.45) is 7.09. The fraction of sp³-hybridized carbons (Fsp3) is 0.258. The van der Waals surface area contributed by atoms with Gasteiger partial charge in [-0.25, -0.2) is 14.4 Å². The van der Waals surface area contributed by atoms with Crippen molar-refractivity contribution < 1.29 is 18.7 Å². The number of hydrogen-bond acceptors (Lipinski definition) is 9. The lowest BCUT2D eigenvalue weighted by Crippen LogP contribution is -2.44. The highest BCUT2D eigenvalue weighted by molar-refractivity contribution is 5.99. The van der Waals surface area contributed by atoms with Crippen molar-refractivity contribution in [3.05, 3.63) is 78.5 Å². The second-order valence-corrected chi connectivity index (χ2v) is 9.97. The maximum absolute atomic E-state index is 14.6. The minimum absolute atomic E-state index is 0.334. The van der Waals surface area contributed by atoms with E-state index in [1.807, 2.05) is 6.07 Å². The van der Waals surface area contributed by atoms with E-state index in [0.717, 1.165) is 39.1 Å². The Balaban J connectivity index is 1.39. The van der Waals surface area contributed by atoms with Crippen molar-refractivity contribution in [1.29, 1.82) is 0 Å². The Labute approximate surface area is 243 Å². The molecule has 2 amide bonds. The molecule has 1 saturated heterocycles. The van der Waals surface area contributed by atoms with Crippen molar-refractivity contribution in [3.63, 3.8) is 0 Å². The molecule has 1 aliphatic heterocycles.